The molecular weight excluding hydrogens is 205 g/mol. The number of aromatic hydroxyl groups is 1. The molecule has 0 radical (unpaired) electrons. The van der Waals surface area contributed by atoms with Crippen LogP contribution in [0.15, 0.2) is 18.2 Å². The van der Waals surface area contributed by atoms with Gasteiger partial charge in [0.15, 0.2) is 0 Å². The first-order valence-electron chi connectivity index (χ1n) is 5.75. The first-order chi connectivity index (χ1) is 7.53. The average Bonchev–Trinajstić information content (AvgIpc) is 2.66. The van der Waals surface area contributed by atoms with Crippen LogP contribution in [0.25, 0.3) is 0 Å². The van der Waals surface area contributed by atoms with E-state index in [0.717, 1.165) is 24.9 Å². The SMILES string of the molecule is CC(F)c1ccc(O)c(C2(C)CCCN2)c1. The van der Waals surface area contributed by atoms with Gasteiger partial charge >= 0.3 is 0 Å². The number of hydrogen-bond acceptors (Lipinski definition) is 2. The molecule has 1 aliphatic rings. The molecule has 0 amide bonds. The van der Waals surface area contributed by atoms with Crippen molar-refractivity contribution in [1.29, 1.82) is 0 Å². The molecule has 1 fully saturated rings. The van der Waals surface area contributed by atoms with Crippen molar-refractivity contribution in [3.8, 4) is 5.75 Å². The molecule has 0 saturated carbocycles. The van der Waals surface area contributed by atoms with Gasteiger partial charge in [-0.25, -0.2) is 4.39 Å². The highest BCUT2D eigenvalue weighted by Crippen LogP contribution is 2.37. The lowest BCUT2D eigenvalue weighted by Crippen LogP contribution is -2.33. The van der Waals surface area contributed by atoms with Gasteiger partial charge in [-0.05, 0) is 50.9 Å². The van der Waals surface area contributed by atoms with Gasteiger partial charge in [0.05, 0.1) is 0 Å². The lowest BCUT2D eigenvalue weighted by atomic mass is 9.88. The standard InChI is InChI=1S/C13H18FNO/c1-9(14)10-4-5-12(16)11(8-10)13(2)6-3-7-15-13/h4-5,8-9,15-16H,3,6-7H2,1-2H3. The smallest absolute Gasteiger partial charge is 0.122 e. The van der Waals surface area contributed by atoms with Crippen LogP contribution in [0.3, 0.4) is 0 Å². The van der Waals surface area contributed by atoms with Crippen molar-refractivity contribution in [3.63, 3.8) is 0 Å². The Labute approximate surface area is 95.5 Å². The lowest BCUT2D eigenvalue weighted by molar-refractivity contribution is 0.367. The zero-order chi connectivity index (χ0) is 11.8. The Hall–Kier alpha value is -1.09. The number of benzene rings is 1. The normalized spacial score (nSPS) is 26.9. The molecule has 88 valence electrons. The summed E-state index contributed by atoms with van der Waals surface area (Å²) in [5.41, 5.74) is 1.23. The molecule has 1 saturated heterocycles. The third-order valence-electron chi connectivity index (χ3n) is 3.44. The van der Waals surface area contributed by atoms with Crippen LogP contribution >= 0.6 is 0 Å². The Morgan fingerprint density at radius 1 is 1.50 bits per heavy atom. The molecule has 3 heteroatoms. The highest BCUT2D eigenvalue weighted by Gasteiger charge is 2.32. The van der Waals surface area contributed by atoms with E-state index < -0.39 is 6.17 Å². The number of phenolic OH excluding ortho intramolecular Hbond substituents is 1. The van der Waals surface area contributed by atoms with Crippen molar-refractivity contribution in [2.24, 2.45) is 0 Å². The van der Waals surface area contributed by atoms with Crippen LogP contribution in [-0.4, -0.2) is 11.7 Å². The number of halogens is 1. The molecular formula is C13H18FNO. The second kappa shape index (κ2) is 4.06. The van der Waals surface area contributed by atoms with E-state index in [-0.39, 0.29) is 11.3 Å². The Bertz CT molecular complexity index is 384. The summed E-state index contributed by atoms with van der Waals surface area (Å²) in [5, 5.41) is 13.3. The van der Waals surface area contributed by atoms with Crippen molar-refractivity contribution in [1.82, 2.24) is 5.32 Å². The quantitative estimate of drug-likeness (QED) is 0.807. The Morgan fingerprint density at radius 3 is 2.81 bits per heavy atom. The fraction of sp³-hybridized carbons (Fsp3) is 0.538. The highest BCUT2D eigenvalue weighted by atomic mass is 19.1. The van der Waals surface area contributed by atoms with Gasteiger partial charge in [0, 0.05) is 11.1 Å². The van der Waals surface area contributed by atoms with E-state index in [1.807, 2.05) is 0 Å². The predicted octanol–water partition coefficient (Wildman–Crippen LogP) is 3.02. The van der Waals surface area contributed by atoms with Crippen LogP contribution in [0.4, 0.5) is 4.39 Å². The number of phenols is 1. The molecule has 1 aromatic carbocycles. The molecule has 0 aromatic heterocycles. The minimum absolute atomic E-state index is 0.213. The monoisotopic (exact) mass is 223 g/mol. The molecule has 2 atom stereocenters. The van der Waals surface area contributed by atoms with Gasteiger partial charge in [0.25, 0.3) is 0 Å². The van der Waals surface area contributed by atoms with Gasteiger partial charge in [-0.1, -0.05) is 6.07 Å². The topological polar surface area (TPSA) is 32.3 Å². The number of rotatable bonds is 2. The molecule has 0 bridgehead atoms. The van der Waals surface area contributed by atoms with Crippen molar-refractivity contribution < 1.29 is 9.50 Å². The molecule has 2 nitrogen and oxygen atoms in total. The summed E-state index contributed by atoms with van der Waals surface area (Å²) >= 11 is 0. The molecule has 2 rings (SSSR count). The van der Waals surface area contributed by atoms with E-state index in [2.05, 4.69) is 12.2 Å². The molecule has 2 unspecified atom stereocenters. The molecule has 1 aliphatic heterocycles. The molecule has 0 aliphatic carbocycles. The summed E-state index contributed by atoms with van der Waals surface area (Å²) in [4.78, 5) is 0. The van der Waals surface area contributed by atoms with Crippen molar-refractivity contribution in [2.45, 2.75) is 38.4 Å². The molecule has 0 spiro atoms. The largest absolute Gasteiger partial charge is 0.508 e. The van der Waals surface area contributed by atoms with Gasteiger partial charge in [0.2, 0.25) is 0 Å². The molecule has 1 aromatic rings. The predicted molar refractivity (Wildman–Crippen MR) is 62.2 cm³/mol. The molecule has 2 N–H and O–H groups in total. The van der Waals surface area contributed by atoms with Crippen LogP contribution in [0, 0.1) is 0 Å². The zero-order valence-corrected chi connectivity index (χ0v) is 9.76. The second-order valence-corrected chi connectivity index (χ2v) is 4.76. The number of nitrogens with one attached hydrogen (secondary N) is 1. The molecule has 1 heterocycles. The minimum atomic E-state index is -0.996. The summed E-state index contributed by atoms with van der Waals surface area (Å²) in [6.45, 7) is 4.52. The second-order valence-electron chi connectivity index (χ2n) is 4.76. The fourth-order valence-corrected chi connectivity index (χ4v) is 2.37. The van der Waals surface area contributed by atoms with Crippen molar-refractivity contribution in [3.05, 3.63) is 29.3 Å². The third kappa shape index (κ3) is 1.92. The maximum absolute atomic E-state index is 13.3. The van der Waals surface area contributed by atoms with Crippen molar-refractivity contribution >= 4 is 0 Å². The maximum atomic E-state index is 13.3. The number of alkyl halides is 1. The van der Waals surface area contributed by atoms with Crippen LogP contribution in [0.2, 0.25) is 0 Å². The number of hydrogen-bond donors (Lipinski definition) is 2. The lowest BCUT2D eigenvalue weighted by Gasteiger charge is -2.26. The Morgan fingerprint density at radius 2 is 2.25 bits per heavy atom. The fourth-order valence-electron chi connectivity index (χ4n) is 2.37. The first-order valence-corrected chi connectivity index (χ1v) is 5.75. The van der Waals surface area contributed by atoms with E-state index in [4.69, 9.17) is 0 Å². The van der Waals surface area contributed by atoms with Crippen LogP contribution in [0.5, 0.6) is 5.75 Å². The van der Waals surface area contributed by atoms with Crippen molar-refractivity contribution in [2.75, 3.05) is 6.54 Å². The van der Waals surface area contributed by atoms with Crippen LogP contribution in [-0.2, 0) is 5.54 Å². The summed E-state index contributed by atoms with van der Waals surface area (Å²) < 4.78 is 13.3. The molecule has 16 heavy (non-hydrogen) atoms. The van der Waals surface area contributed by atoms with Gasteiger partial charge in [-0.3, -0.25) is 0 Å². The van der Waals surface area contributed by atoms with E-state index in [9.17, 15) is 9.50 Å². The zero-order valence-electron chi connectivity index (χ0n) is 9.76. The average molecular weight is 223 g/mol. The van der Waals surface area contributed by atoms with Gasteiger partial charge in [-0.15, -0.1) is 0 Å². The van der Waals surface area contributed by atoms with E-state index in [1.54, 1.807) is 18.2 Å². The maximum Gasteiger partial charge on any atom is 0.122 e. The van der Waals surface area contributed by atoms with Gasteiger partial charge in [0.1, 0.15) is 11.9 Å². The van der Waals surface area contributed by atoms with Crippen LogP contribution < -0.4 is 5.32 Å². The summed E-state index contributed by atoms with van der Waals surface area (Å²) in [6.07, 6.45) is 1.07. The van der Waals surface area contributed by atoms with Gasteiger partial charge in [-0.2, -0.15) is 0 Å². The van der Waals surface area contributed by atoms with E-state index >= 15 is 0 Å². The Kier molecular flexibility index (Phi) is 2.89. The summed E-state index contributed by atoms with van der Waals surface area (Å²) in [6, 6.07) is 5.01. The van der Waals surface area contributed by atoms with E-state index in [1.165, 1.54) is 6.92 Å². The van der Waals surface area contributed by atoms with E-state index in [0.29, 0.717) is 5.56 Å². The van der Waals surface area contributed by atoms with Gasteiger partial charge < -0.3 is 10.4 Å². The summed E-state index contributed by atoms with van der Waals surface area (Å²) in [7, 11) is 0. The third-order valence-corrected chi connectivity index (χ3v) is 3.44. The minimum Gasteiger partial charge on any atom is -0.508 e. The van der Waals surface area contributed by atoms with Crippen LogP contribution in [0.1, 0.15) is 44.0 Å². The Balaban J connectivity index is 2.42. The first kappa shape index (κ1) is 11.4. The summed E-state index contributed by atoms with van der Waals surface area (Å²) in [5.74, 6) is 0.251. The highest BCUT2D eigenvalue weighted by molar-refractivity contribution is 5.42.